The van der Waals surface area contributed by atoms with Crippen LogP contribution < -0.4 is 0 Å². The Labute approximate surface area is 121 Å². The zero-order valence-corrected chi connectivity index (χ0v) is 11.4. The Kier molecular flexibility index (Phi) is 3.97. The Balaban J connectivity index is 1.99. The van der Waals surface area contributed by atoms with Crippen molar-refractivity contribution in [3.05, 3.63) is 59.4 Å². The van der Waals surface area contributed by atoms with Crippen molar-refractivity contribution in [1.82, 2.24) is 0 Å². The van der Waals surface area contributed by atoms with Crippen LogP contribution in [0.1, 0.15) is 24.3 Å². The Hall–Kier alpha value is -1.81. The van der Waals surface area contributed by atoms with Crippen LogP contribution in [-0.2, 0) is 4.74 Å². The van der Waals surface area contributed by atoms with Gasteiger partial charge in [0.05, 0.1) is 6.61 Å². The van der Waals surface area contributed by atoms with Crippen molar-refractivity contribution in [2.75, 3.05) is 13.2 Å². The smallest absolute Gasteiger partial charge is 0.130 e. The average molecular weight is 292 g/mol. The molecule has 1 fully saturated rings. The van der Waals surface area contributed by atoms with Gasteiger partial charge in [-0.3, -0.25) is 0 Å². The van der Waals surface area contributed by atoms with Gasteiger partial charge in [-0.2, -0.15) is 0 Å². The monoisotopic (exact) mass is 292 g/mol. The summed E-state index contributed by atoms with van der Waals surface area (Å²) in [5.74, 6) is -1.87. The van der Waals surface area contributed by atoms with E-state index in [0.717, 1.165) is 6.42 Å². The number of hydrogen-bond donors (Lipinski definition) is 0. The molecule has 1 saturated heterocycles. The maximum Gasteiger partial charge on any atom is 0.130 e. The zero-order chi connectivity index (χ0) is 14.8. The van der Waals surface area contributed by atoms with Crippen molar-refractivity contribution >= 4 is 0 Å². The molecule has 0 aliphatic carbocycles. The topological polar surface area (TPSA) is 9.23 Å². The molecule has 0 N–H and O–H groups in total. The lowest BCUT2D eigenvalue weighted by Gasteiger charge is -2.23. The summed E-state index contributed by atoms with van der Waals surface area (Å²) in [5, 5.41) is 0. The fraction of sp³-hybridized carbons (Fsp3) is 0.294. The van der Waals surface area contributed by atoms with Crippen molar-refractivity contribution < 1.29 is 17.9 Å². The van der Waals surface area contributed by atoms with E-state index in [1.165, 1.54) is 30.3 Å². The molecule has 1 aliphatic heterocycles. The first-order valence-electron chi connectivity index (χ1n) is 6.98. The highest BCUT2D eigenvalue weighted by Gasteiger charge is 2.23. The van der Waals surface area contributed by atoms with Crippen LogP contribution in [0, 0.1) is 17.5 Å². The summed E-state index contributed by atoms with van der Waals surface area (Å²) >= 11 is 0. The SMILES string of the molecule is Fc1cccc(-c2cc(F)c(C3CCCOC3)c(F)c2)c1. The molecule has 0 radical (unpaired) electrons. The number of halogens is 3. The third-order valence-corrected chi connectivity index (χ3v) is 3.81. The van der Waals surface area contributed by atoms with Crippen LogP contribution in [0.2, 0.25) is 0 Å². The summed E-state index contributed by atoms with van der Waals surface area (Å²) in [6, 6.07) is 8.23. The van der Waals surface area contributed by atoms with Gasteiger partial charge in [-0.05, 0) is 48.2 Å². The summed E-state index contributed by atoms with van der Waals surface area (Å²) in [6.45, 7) is 0.980. The standard InChI is InChI=1S/C17H15F3O/c18-14-5-1-3-11(7-14)13-8-15(19)17(16(20)9-13)12-4-2-6-21-10-12/h1,3,5,7-9,12H,2,4,6,10H2. The zero-order valence-electron chi connectivity index (χ0n) is 11.4. The van der Waals surface area contributed by atoms with Gasteiger partial charge < -0.3 is 4.74 Å². The largest absolute Gasteiger partial charge is 0.381 e. The van der Waals surface area contributed by atoms with Crippen LogP contribution in [0.4, 0.5) is 13.2 Å². The summed E-state index contributed by atoms with van der Waals surface area (Å²) in [6.07, 6.45) is 1.52. The Morgan fingerprint density at radius 1 is 0.952 bits per heavy atom. The lowest BCUT2D eigenvalue weighted by atomic mass is 9.91. The first kappa shape index (κ1) is 14.1. The Bertz CT molecular complexity index is 625. The first-order chi connectivity index (χ1) is 10.1. The molecule has 1 aliphatic rings. The van der Waals surface area contributed by atoms with Gasteiger partial charge in [0, 0.05) is 18.1 Å². The second-order valence-corrected chi connectivity index (χ2v) is 5.28. The molecule has 0 spiro atoms. The summed E-state index contributed by atoms with van der Waals surface area (Å²) < 4.78 is 47.1. The van der Waals surface area contributed by atoms with Crippen LogP contribution in [0.3, 0.4) is 0 Å². The molecule has 1 unspecified atom stereocenters. The molecule has 4 heteroatoms. The molecule has 1 atom stereocenters. The quantitative estimate of drug-likeness (QED) is 0.782. The summed E-state index contributed by atoms with van der Waals surface area (Å²) in [4.78, 5) is 0. The Morgan fingerprint density at radius 2 is 1.71 bits per heavy atom. The van der Waals surface area contributed by atoms with Gasteiger partial charge in [-0.15, -0.1) is 0 Å². The van der Waals surface area contributed by atoms with Crippen molar-refractivity contribution in [3.8, 4) is 11.1 Å². The van der Waals surface area contributed by atoms with Crippen LogP contribution in [-0.4, -0.2) is 13.2 Å². The molecule has 2 aromatic rings. The van der Waals surface area contributed by atoms with E-state index in [1.807, 2.05) is 0 Å². The molecule has 0 saturated carbocycles. The second kappa shape index (κ2) is 5.90. The maximum atomic E-state index is 14.3. The minimum atomic E-state index is -0.593. The number of benzene rings is 2. The van der Waals surface area contributed by atoms with Crippen molar-refractivity contribution in [2.45, 2.75) is 18.8 Å². The normalized spacial score (nSPS) is 18.7. The molecular formula is C17H15F3O. The highest BCUT2D eigenvalue weighted by molar-refractivity contribution is 5.64. The van der Waals surface area contributed by atoms with Crippen molar-refractivity contribution in [1.29, 1.82) is 0 Å². The van der Waals surface area contributed by atoms with Crippen LogP contribution in [0.5, 0.6) is 0 Å². The Morgan fingerprint density at radius 3 is 2.33 bits per heavy atom. The van der Waals surface area contributed by atoms with Crippen molar-refractivity contribution in [3.63, 3.8) is 0 Å². The van der Waals surface area contributed by atoms with E-state index < -0.39 is 17.5 Å². The second-order valence-electron chi connectivity index (χ2n) is 5.28. The molecule has 2 aromatic carbocycles. The number of rotatable bonds is 2. The maximum absolute atomic E-state index is 14.3. The third kappa shape index (κ3) is 2.95. The van der Waals surface area contributed by atoms with E-state index in [0.29, 0.717) is 30.8 Å². The number of hydrogen-bond acceptors (Lipinski definition) is 1. The number of ether oxygens (including phenoxy) is 1. The molecule has 3 rings (SSSR count). The third-order valence-electron chi connectivity index (χ3n) is 3.81. The van der Waals surface area contributed by atoms with E-state index in [-0.39, 0.29) is 11.5 Å². The van der Waals surface area contributed by atoms with Crippen LogP contribution in [0.15, 0.2) is 36.4 Å². The van der Waals surface area contributed by atoms with Gasteiger partial charge in [0.15, 0.2) is 0 Å². The summed E-state index contributed by atoms with van der Waals surface area (Å²) in [5.41, 5.74) is 0.874. The predicted octanol–water partition coefficient (Wildman–Crippen LogP) is 4.66. The molecular weight excluding hydrogens is 277 g/mol. The minimum Gasteiger partial charge on any atom is -0.381 e. The fourth-order valence-electron chi connectivity index (χ4n) is 2.78. The fourth-order valence-corrected chi connectivity index (χ4v) is 2.78. The predicted molar refractivity (Wildman–Crippen MR) is 74.5 cm³/mol. The van der Waals surface area contributed by atoms with Crippen LogP contribution >= 0.6 is 0 Å². The van der Waals surface area contributed by atoms with E-state index >= 15 is 0 Å². The minimum absolute atomic E-state index is 0.0786. The molecule has 1 nitrogen and oxygen atoms in total. The molecule has 110 valence electrons. The molecule has 1 heterocycles. The summed E-state index contributed by atoms with van der Waals surface area (Å²) in [7, 11) is 0. The highest BCUT2D eigenvalue weighted by atomic mass is 19.1. The van der Waals surface area contributed by atoms with Crippen LogP contribution in [0.25, 0.3) is 11.1 Å². The van der Waals surface area contributed by atoms with Gasteiger partial charge >= 0.3 is 0 Å². The van der Waals surface area contributed by atoms with Gasteiger partial charge in [0.1, 0.15) is 17.5 Å². The van der Waals surface area contributed by atoms with Gasteiger partial charge in [-0.25, -0.2) is 13.2 Å². The molecule has 0 amide bonds. The lowest BCUT2D eigenvalue weighted by Crippen LogP contribution is -2.18. The van der Waals surface area contributed by atoms with Crippen molar-refractivity contribution in [2.24, 2.45) is 0 Å². The molecule has 0 bridgehead atoms. The van der Waals surface area contributed by atoms with E-state index in [2.05, 4.69) is 0 Å². The lowest BCUT2D eigenvalue weighted by molar-refractivity contribution is 0.0783. The van der Waals surface area contributed by atoms with Gasteiger partial charge in [0.25, 0.3) is 0 Å². The highest BCUT2D eigenvalue weighted by Crippen LogP contribution is 2.33. The average Bonchev–Trinajstić information content (AvgIpc) is 2.47. The van der Waals surface area contributed by atoms with E-state index in [4.69, 9.17) is 4.74 Å². The van der Waals surface area contributed by atoms with Gasteiger partial charge in [-0.1, -0.05) is 12.1 Å². The molecule has 21 heavy (non-hydrogen) atoms. The molecule has 0 aromatic heterocycles. The van der Waals surface area contributed by atoms with E-state index in [1.54, 1.807) is 6.07 Å². The van der Waals surface area contributed by atoms with E-state index in [9.17, 15) is 13.2 Å². The first-order valence-corrected chi connectivity index (χ1v) is 6.98. The van der Waals surface area contributed by atoms with Gasteiger partial charge in [0.2, 0.25) is 0 Å².